The smallest absolute Gasteiger partial charge is 0.0357 e. The molecule has 0 radical (unpaired) electrons. The molecule has 1 fully saturated rings. The molecule has 0 aromatic rings. The molecule has 1 nitrogen and oxygen atoms in total. The molecule has 0 bridgehead atoms. The van der Waals surface area contributed by atoms with E-state index in [-0.39, 0.29) is 0 Å². The van der Waals surface area contributed by atoms with Gasteiger partial charge in [-0.05, 0) is 36.3 Å². The second-order valence-corrected chi connectivity index (χ2v) is 6.55. The van der Waals surface area contributed by atoms with Crippen LogP contribution in [0.5, 0.6) is 0 Å². The van der Waals surface area contributed by atoms with Crippen molar-refractivity contribution in [3.8, 4) is 0 Å². The van der Waals surface area contributed by atoms with Gasteiger partial charge in [0.15, 0.2) is 0 Å². The van der Waals surface area contributed by atoms with E-state index < -0.39 is 0 Å². The van der Waals surface area contributed by atoms with Crippen molar-refractivity contribution >= 4 is 0 Å². The van der Waals surface area contributed by atoms with Crippen LogP contribution in [0.15, 0.2) is 49.7 Å². The first kappa shape index (κ1) is 20.8. The minimum absolute atomic E-state index is 0.461. The minimum Gasteiger partial charge on any atom is -0.371 e. The molecule has 0 aromatic carbocycles. The summed E-state index contributed by atoms with van der Waals surface area (Å²) in [5.74, 6) is 0. The van der Waals surface area contributed by atoms with E-state index in [1.807, 2.05) is 12.3 Å². The first-order chi connectivity index (χ1) is 10.4. The first-order valence-electron chi connectivity index (χ1n) is 8.70. The van der Waals surface area contributed by atoms with Gasteiger partial charge in [-0.2, -0.15) is 0 Å². The molecule has 126 valence electrons. The Labute approximate surface area is 139 Å². The summed E-state index contributed by atoms with van der Waals surface area (Å²) in [5, 5.41) is 0. The third-order valence-corrected chi connectivity index (χ3v) is 5.31. The standard InChI is InChI=1S/C11H20.C10H17N/c1-6-8-11(5)9(3)10(11,4)7-2;1-4-7-8-10-11(6-3)9-5-2/h3,6-8H2,1-2,4-5H3;5-8H,2-4,9-10H2,1H3/b;8-7+. The predicted octanol–water partition coefficient (Wildman–Crippen LogP) is 6.36. The van der Waals surface area contributed by atoms with Crippen LogP contribution < -0.4 is 0 Å². The molecule has 2 atom stereocenters. The van der Waals surface area contributed by atoms with Gasteiger partial charge in [0.2, 0.25) is 0 Å². The fourth-order valence-corrected chi connectivity index (χ4v) is 3.22. The van der Waals surface area contributed by atoms with Crippen molar-refractivity contribution in [3.63, 3.8) is 0 Å². The maximum Gasteiger partial charge on any atom is 0.0357 e. The van der Waals surface area contributed by atoms with Crippen molar-refractivity contribution in [1.29, 1.82) is 0 Å². The van der Waals surface area contributed by atoms with Gasteiger partial charge >= 0.3 is 0 Å². The quantitative estimate of drug-likeness (QED) is 0.448. The van der Waals surface area contributed by atoms with Crippen molar-refractivity contribution in [2.75, 3.05) is 13.1 Å². The molecule has 0 saturated heterocycles. The number of nitrogens with zero attached hydrogens (tertiary/aromatic N) is 1. The zero-order valence-electron chi connectivity index (χ0n) is 15.6. The summed E-state index contributed by atoms with van der Waals surface area (Å²) in [7, 11) is 0. The summed E-state index contributed by atoms with van der Waals surface area (Å²) in [6.45, 7) is 24.7. The van der Waals surface area contributed by atoms with Crippen molar-refractivity contribution in [1.82, 2.24) is 4.90 Å². The van der Waals surface area contributed by atoms with Crippen LogP contribution in [-0.2, 0) is 0 Å². The fraction of sp³-hybridized carbons (Fsp3) is 0.619. The normalized spacial score (nSPS) is 26.3. The molecule has 0 aromatic heterocycles. The Morgan fingerprint density at radius 1 is 1.00 bits per heavy atom. The van der Waals surface area contributed by atoms with E-state index in [9.17, 15) is 0 Å². The van der Waals surface area contributed by atoms with Crippen LogP contribution in [0, 0.1) is 10.8 Å². The second kappa shape index (κ2) is 9.71. The monoisotopic (exact) mass is 303 g/mol. The Morgan fingerprint density at radius 2 is 1.64 bits per heavy atom. The molecule has 0 N–H and O–H groups in total. The lowest BCUT2D eigenvalue weighted by molar-refractivity contribution is 0.352. The Balaban J connectivity index is 0.000000401. The van der Waals surface area contributed by atoms with Crippen LogP contribution in [0.1, 0.15) is 60.3 Å². The average molecular weight is 304 g/mol. The zero-order valence-corrected chi connectivity index (χ0v) is 15.6. The Kier molecular flexibility index (Phi) is 9.16. The van der Waals surface area contributed by atoms with Crippen LogP contribution in [0.2, 0.25) is 0 Å². The van der Waals surface area contributed by atoms with Crippen LogP contribution in [-0.4, -0.2) is 18.0 Å². The van der Waals surface area contributed by atoms with E-state index in [1.54, 1.807) is 0 Å². The van der Waals surface area contributed by atoms with Gasteiger partial charge < -0.3 is 4.90 Å². The summed E-state index contributed by atoms with van der Waals surface area (Å²) < 4.78 is 0. The van der Waals surface area contributed by atoms with Crippen LogP contribution in [0.4, 0.5) is 0 Å². The minimum atomic E-state index is 0.461. The number of allylic oxidation sites excluding steroid dienone is 2. The van der Waals surface area contributed by atoms with Crippen LogP contribution in [0.3, 0.4) is 0 Å². The molecular weight excluding hydrogens is 266 g/mol. The molecule has 0 amide bonds. The lowest BCUT2D eigenvalue weighted by Crippen LogP contribution is -2.16. The molecule has 1 rings (SSSR count). The van der Waals surface area contributed by atoms with Crippen molar-refractivity contribution < 1.29 is 0 Å². The van der Waals surface area contributed by atoms with Gasteiger partial charge in [-0.15, -0.1) is 6.58 Å². The average Bonchev–Trinajstić information content (AvgIpc) is 2.94. The van der Waals surface area contributed by atoms with Gasteiger partial charge in [0.1, 0.15) is 0 Å². The van der Waals surface area contributed by atoms with Gasteiger partial charge in [0.25, 0.3) is 0 Å². The second-order valence-electron chi connectivity index (χ2n) is 6.55. The van der Waals surface area contributed by atoms with Gasteiger partial charge in [0.05, 0.1) is 0 Å². The van der Waals surface area contributed by atoms with E-state index >= 15 is 0 Å². The third kappa shape index (κ3) is 4.90. The lowest BCUT2D eigenvalue weighted by atomic mass is 9.90. The van der Waals surface area contributed by atoms with Crippen molar-refractivity contribution in [2.45, 2.75) is 60.3 Å². The molecule has 1 aliphatic rings. The molecule has 0 spiro atoms. The summed E-state index contributed by atoms with van der Waals surface area (Å²) in [6, 6.07) is 0. The molecular formula is C21H37N. The Morgan fingerprint density at radius 3 is 2.00 bits per heavy atom. The topological polar surface area (TPSA) is 3.24 Å². The number of hydrogen-bond acceptors (Lipinski definition) is 1. The Bertz CT molecular complexity index is 393. The molecule has 2 unspecified atom stereocenters. The number of hydrogen-bond donors (Lipinski definition) is 0. The van der Waals surface area contributed by atoms with Gasteiger partial charge in [0, 0.05) is 13.1 Å². The Hall–Kier alpha value is -1.24. The lowest BCUT2D eigenvalue weighted by Gasteiger charge is -2.14. The first-order valence-corrected chi connectivity index (χ1v) is 8.70. The predicted molar refractivity (Wildman–Crippen MR) is 102 cm³/mol. The summed E-state index contributed by atoms with van der Waals surface area (Å²) >= 11 is 0. The van der Waals surface area contributed by atoms with E-state index in [0.29, 0.717) is 10.8 Å². The largest absolute Gasteiger partial charge is 0.371 e. The van der Waals surface area contributed by atoms with E-state index in [1.165, 1.54) is 24.8 Å². The number of rotatable bonds is 9. The third-order valence-electron chi connectivity index (χ3n) is 5.31. The van der Waals surface area contributed by atoms with Crippen LogP contribution >= 0.6 is 0 Å². The summed E-state index contributed by atoms with van der Waals surface area (Å²) in [5.41, 5.74) is 2.41. The molecule has 0 aliphatic heterocycles. The van der Waals surface area contributed by atoms with Crippen LogP contribution in [0.25, 0.3) is 0 Å². The molecule has 0 heterocycles. The fourth-order valence-electron chi connectivity index (χ4n) is 3.22. The molecule has 1 aliphatic carbocycles. The van der Waals surface area contributed by atoms with Crippen molar-refractivity contribution in [2.24, 2.45) is 10.8 Å². The maximum absolute atomic E-state index is 4.16. The van der Waals surface area contributed by atoms with E-state index in [2.05, 4.69) is 71.4 Å². The van der Waals surface area contributed by atoms with Gasteiger partial charge in [-0.25, -0.2) is 0 Å². The maximum atomic E-state index is 4.16. The highest BCUT2D eigenvalue weighted by Gasteiger charge is 2.62. The molecule has 1 saturated carbocycles. The highest BCUT2D eigenvalue weighted by molar-refractivity contribution is 5.41. The highest BCUT2D eigenvalue weighted by atomic mass is 15.1. The van der Waals surface area contributed by atoms with E-state index in [4.69, 9.17) is 0 Å². The molecule has 22 heavy (non-hydrogen) atoms. The zero-order chi connectivity index (χ0) is 17.2. The van der Waals surface area contributed by atoms with Gasteiger partial charge in [-0.3, -0.25) is 0 Å². The SMILES string of the molecule is C=C1C(C)(CC)C1(C)CCC.C=CCN(C=C)C/C=C/CC. The van der Waals surface area contributed by atoms with E-state index in [0.717, 1.165) is 19.5 Å². The summed E-state index contributed by atoms with van der Waals surface area (Å²) in [6.07, 6.45) is 13.0. The highest BCUT2D eigenvalue weighted by Crippen LogP contribution is 2.71. The van der Waals surface area contributed by atoms with Gasteiger partial charge in [-0.1, -0.05) is 78.0 Å². The summed E-state index contributed by atoms with van der Waals surface area (Å²) in [4.78, 5) is 2.10. The van der Waals surface area contributed by atoms with Crippen molar-refractivity contribution in [3.05, 3.63) is 49.7 Å². The molecule has 1 heteroatoms.